The zero-order valence-corrected chi connectivity index (χ0v) is 15.1. The number of nitrogens with zero attached hydrogens (tertiary/aromatic N) is 1. The quantitative estimate of drug-likeness (QED) is 0.766. The van der Waals surface area contributed by atoms with Gasteiger partial charge in [0.2, 0.25) is 5.91 Å². The Hall–Kier alpha value is -2.71. The van der Waals surface area contributed by atoms with Gasteiger partial charge in [-0.15, -0.1) is 0 Å². The summed E-state index contributed by atoms with van der Waals surface area (Å²) in [6.07, 6.45) is 1.16. The SMILES string of the molecule is O=C(CN1C(=O)S/C(=C\c2c(F)cccc2Cl)C1=O)Nc1ccccc1F. The fourth-order valence-corrected chi connectivity index (χ4v) is 3.35. The van der Waals surface area contributed by atoms with Gasteiger partial charge in [0, 0.05) is 5.56 Å². The van der Waals surface area contributed by atoms with Crippen LogP contribution in [0.5, 0.6) is 0 Å². The van der Waals surface area contributed by atoms with E-state index in [2.05, 4.69) is 5.32 Å². The van der Waals surface area contributed by atoms with Gasteiger partial charge < -0.3 is 5.32 Å². The molecule has 1 heterocycles. The Kier molecular flexibility index (Phi) is 5.57. The van der Waals surface area contributed by atoms with Crippen LogP contribution in [0.3, 0.4) is 0 Å². The lowest BCUT2D eigenvalue weighted by Gasteiger charge is -2.12. The van der Waals surface area contributed by atoms with Gasteiger partial charge in [0.1, 0.15) is 18.2 Å². The molecular formula is C18H11ClF2N2O3S. The molecule has 0 radical (unpaired) electrons. The highest BCUT2D eigenvalue weighted by molar-refractivity contribution is 8.18. The van der Waals surface area contributed by atoms with Gasteiger partial charge in [-0.25, -0.2) is 8.78 Å². The molecular weight excluding hydrogens is 398 g/mol. The van der Waals surface area contributed by atoms with Crippen LogP contribution >= 0.6 is 23.4 Å². The molecule has 1 fully saturated rings. The third-order valence-corrected chi connectivity index (χ3v) is 4.84. The third-order valence-electron chi connectivity index (χ3n) is 3.60. The Bertz CT molecular complexity index is 961. The molecule has 1 aliphatic rings. The van der Waals surface area contributed by atoms with E-state index < -0.39 is 35.2 Å². The van der Waals surface area contributed by atoms with E-state index >= 15 is 0 Å². The number of hydrogen-bond acceptors (Lipinski definition) is 4. The molecule has 0 aliphatic carbocycles. The van der Waals surface area contributed by atoms with Crippen LogP contribution < -0.4 is 5.32 Å². The highest BCUT2D eigenvalue weighted by atomic mass is 35.5. The van der Waals surface area contributed by atoms with E-state index in [0.29, 0.717) is 16.7 Å². The van der Waals surface area contributed by atoms with E-state index in [1.807, 2.05) is 0 Å². The van der Waals surface area contributed by atoms with Crippen molar-refractivity contribution in [3.8, 4) is 0 Å². The Labute approximate surface area is 162 Å². The lowest BCUT2D eigenvalue weighted by Crippen LogP contribution is -2.36. The number of halogens is 3. The molecule has 3 amide bonds. The summed E-state index contributed by atoms with van der Waals surface area (Å²) in [6.45, 7) is -0.596. The average Bonchev–Trinajstić information content (AvgIpc) is 2.88. The number of rotatable bonds is 4. The number of amides is 3. The first kappa shape index (κ1) is 19.1. The fraction of sp³-hybridized carbons (Fsp3) is 0.0556. The number of thioether (sulfide) groups is 1. The van der Waals surface area contributed by atoms with Crippen LogP contribution in [-0.2, 0) is 9.59 Å². The molecule has 9 heteroatoms. The number of carbonyl (C=O) groups excluding carboxylic acids is 3. The van der Waals surface area contributed by atoms with Gasteiger partial charge in [0.15, 0.2) is 0 Å². The van der Waals surface area contributed by atoms with Crippen molar-refractivity contribution in [2.45, 2.75) is 0 Å². The molecule has 1 saturated heterocycles. The van der Waals surface area contributed by atoms with Gasteiger partial charge in [0.25, 0.3) is 11.1 Å². The first-order valence-electron chi connectivity index (χ1n) is 7.60. The maximum Gasteiger partial charge on any atom is 0.294 e. The van der Waals surface area contributed by atoms with Crippen molar-refractivity contribution in [3.05, 3.63) is 69.6 Å². The van der Waals surface area contributed by atoms with Gasteiger partial charge in [-0.05, 0) is 42.1 Å². The van der Waals surface area contributed by atoms with E-state index in [0.717, 1.165) is 12.1 Å². The van der Waals surface area contributed by atoms with Crippen molar-refractivity contribution in [1.29, 1.82) is 0 Å². The average molecular weight is 409 g/mol. The molecule has 0 saturated carbocycles. The molecule has 3 rings (SSSR count). The van der Waals surface area contributed by atoms with E-state index in [4.69, 9.17) is 11.6 Å². The topological polar surface area (TPSA) is 66.5 Å². The summed E-state index contributed by atoms with van der Waals surface area (Å²) in [7, 11) is 0. The second-order valence-corrected chi connectivity index (χ2v) is 6.83. The second kappa shape index (κ2) is 7.89. The summed E-state index contributed by atoms with van der Waals surface area (Å²) in [4.78, 5) is 37.1. The number of carbonyl (C=O) groups is 3. The van der Waals surface area contributed by atoms with Gasteiger partial charge in [0.05, 0.1) is 15.6 Å². The zero-order chi connectivity index (χ0) is 19.6. The minimum atomic E-state index is -0.756. The van der Waals surface area contributed by atoms with Crippen LogP contribution in [0.25, 0.3) is 6.08 Å². The number of nitrogens with one attached hydrogen (secondary N) is 1. The largest absolute Gasteiger partial charge is 0.322 e. The van der Waals surface area contributed by atoms with Gasteiger partial charge >= 0.3 is 0 Å². The van der Waals surface area contributed by atoms with Crippen molar-refractivity contribution in [2.75, 3.05) is 11.9 Å². The summed E-state index contributed by atoms with van der Waals surface area (Å²) in [6, 6.07) is 9.53. The molecule has 0 spiro atoms. The maximum atomic E-state index is 13.9. The smallest absolute Gasteiger partial charge is 0.294 e. The Morgan fingerprint density at radius 2 is 1.81 bits per heavy atom. The van der Waals surface area contributed by atoms with Crippen molar-refractivity contribution in [1.82, 2.24) is 4.90 Å². The minimum Gasteiger partial charge on any atom is -0.322 e. The van der Waals surface area contributed by atoms with Crippen molar-refractivity contribution >= 4 is 52.2 Å². The van der Waals surface area contributed by atoms with Gasteiger partial charge in [-0.3, -0.25) is 19.3 Å². The molecule has 2 aromatic rings. The molecule has 138 valence electrons. The van der Waals surface area contributed by atoms with Crippen LogP contribution in [-0.4, -0.2) is 28.5 Å². The standard InChI is InChI=1S/C18H11ClF2N2O3S/c19-11-4-3-6-12(20)10(11)8-15-17(25)23(18(26)27-15)9-16(24)22-14-7-2-1-5-13(14)21/h1-8H,9H2,(H,22,24)/b15-8-. The van der Waals surface area contributed by atoms with Crippen LogP contribution in [0.4, 0.5) is 19.3 Å². The maximum absolute atomic E-state index is 13.9. The molecule has 0 aromatic heterocycles. The molecule has 5 nitrogen and oxygen atoms in total. The Morgan fingerprint density at radius 3 is 2.52 bits per heavy atom. The monoisotopic (exact) mass is 408 g/mol. The Morgan fingerprint density at radius 1 is 1.11 bits per heavy atom. The first-order chi connectivity index (χ1) is 12.9. The predicted molar refractivity (Wildman–Crippen MR) is 99.1 cm³/mol. The highest BCUT2D eigenvalue weighted by Gasteiger charge is 2.36. The van der Waals surface area contributed by atoms with Crippen LogP contribution in [0, 0.1) is 11.6 Å². The third kappa shape index (κ3) is 4.17. The van der Waals surface area contributed by atoms with Gasteiger partial charge in [-0.2, -0.15) is 0 Å². The van der Waals surface area contributed by atoms with E-state index in [-0.39, 0.29) is 21.2 Å². The number of anilines is 1. The molecule has 2 aromatic carbocycles. The molecule has 0 bridgehead atoms. The molecule has 0 unspecified atom stereocenters. The van der Waals surface area contributed by atoms with Crippen molar-refractivity contribution in [2.24, 2.45) is 0 Å². The number of benzene rings is 2. The summed E-state index contributed by atoms with van der Waals surface area (Å²) in [5, 5.41) is 1.68. The van der Waals surface area contributed by atoms with Crippen molar-refractivity contribution in [3.63, 3.8) is 0 Å². The summed E-state index contributed by atoms with van der Waals surface area (Å²) >= 11 is 6.48. The van der Waals surface area contributed by atoms with Crippen molar-refractivity contribution < 1.29 is 23.2 Å². The van der Waals surface area contributed by atoms with Crippen LogP contribution in [0.2, 0.25) is 5.02 Å². The second-order valence-electron chi connectivity index (χ2n) is 5.43. The van der Waals surface area contributed by atoms with Gasteiger partial charge in [-0.1, -0.05) is 29.8 Å². The van der Waals surface area contributed by atoms with Crippen LogP contribution in [0.1, 0.15) is 5.56 Å². The normalized spacial score (nSPS) is 15.5. The zero-order valence-electron chi connectivity index (χ0n) is 13.5. The van der Waals surface area contributed by atoms with Crippen LogP contribution in [0.15, 0.2) is 47.4 Å². The van der Waals surface area contributed by atoms with E-state index in [9.17, 15) is 23.2 Å². The lowest BCUT2D eigenvalue weighted by atomic mass is 10.2. The molecule has 0 atom stereocenters. The summed E-state index contributed by atoms with van der Waals surface area (Å²) in [5.74, 6) is -2.79. The summed E-state index contributed by atoms with van der Waals surface area (Å²) < 4.78 is 27.4. The fourth-order valence-electron chi connectivity index (χ4n) is 2.31. The molecule has 1 N–H and O–H groups in total. The number of para-hydroxylation sites is 1. The predicted octanol–water partition coefficient (Wildman–Crippen LogP) is 4.29. The minimum absolute atomic E-state index is 0.0273. The van der Waals surface area contributed by atoms with E-state index in [1.54, 1.807) is 0 Å². The summed E-state index contributed by atoms with van der Waals surface area (Å²) in [5.41, 5.74) is -0.0939. The first-order valence-corrected chi connectivity index (χ1v) is 8.80. The van der Waals surface area contributed by atoms with E-state index in [1.165, 1.54) is 36.4 Å². The number of hydrogen-bond donors (Lipinski definition) is 1. The number of imide groups is 1. The Balaban J connectivity index is 1.76. The highest BCUT2D eigenvalue weighted by Crippen LogP contribution is 2.34. The molecule has 27 heavy (non-hydrogen) atoms. The molecule has 1 aliphatic heterocycles. The lowest BCUT2D eigenvalue weighted by molar-refractivity contribution is -0.127.